The highest BCUT2D eigenvalue weighted by Crippen LogP contribution is 2.26. The predicted molar refractivity (Wildman–Crippen MR) is 87.6 cm³/mol. The lowest BCUT2D eigenvalue weighted by Crippen LogP contribution is -2.17. The number of hydrogen-bond donors (Lipinski definition) is 0. The molecule has 1 aliphatic rings. The van der Waals surface area contributed by atoms with Gasteiger partial charge in [0.25, 0.3) is 0 Å². The second-order valence-corrected chi connectivity index (χ2v) is 8.44. The summed E-state index contributed by atoms with van der Waals surface area (Å²) in [4.78, 5) is 4.37. The molecule has 1 aromatic carbocycles. The quantitative estimate of drug-likeness (QED) is 0.842. The molecule has 1 atom stereocenters. The Labute approximate surface area is 140 Å². The summed E-state index contributed by atoms with van der Waals surface area (Å²) < 4.78 is 30.9. The molecule has 0 aliphatic carbocycles. The van der Waals surface area contributed by atoms with Crippen LogP contribution in [0.15, 0.2) is 18.2 Å². The van der Waals surface area contributed by atoms with Crippen molar-refractivity contribution in [3.05, 3.63) is 40.4 Å². The van der Waals surface area contributed by atoms with Gasteiger partial charge in [-0.05, 0) is 44.0 Å². The molecule has 0 spiro atoms. The largest absolute Gasteiger partial charge is 0.485 e. The lowest BCUT2D eigenvalue weighted by Gasteiger charge is -2.13. The first-order valence-corrected chi connectivity index (χ1v) is 9.55. The normalized spacial score (nSPS) is 19.9. The van der Waals surface area contributed by atoms with E-state index in [9.17, 15) is 8.42 Å². The van der Waals surface area contributed by atoms with Crippen LogP contribution in [0.5, 0.6) is 5.75 Å². The van der Waals surface area contributed by atoms with Gasteiger partial charge in [-0.3, -0.25) is 0 Å². The first kappa shape index (κ1) is 16.3. The van der Waals surface area contributed by atoms with Crippen LogP contribution >= 0.6 is 11.6 Å². The van der Waals surface area contributed by atoms with Crippen LogP contribution in [0, 0.1) is 13.8 Å². The Kier molecular flexibility index (Phi) is 4.33. The number of nitrogens with zero attached hydrogens (tertiary/aromatic N) is 3. The standard InChI is InChI=1S/C15H18ClN3O3S/c1-10-7-12(16)3-4-14(10)22-8-15-17-11(2)18-19(15)13-5-6-23(20,21)9-13/h3-4,7,13H,5-6,8-9H2,1-2H3/t13-/m1/s1. The van der Waals surface area contributed by atoms with E-state index in [1.807, 2.05) is 19.1 Å². The summed E-state index contributed by atoms with van der Waals surface area (Å²) in [5.41, 5.74) is 0.934. The van der Waals surface area contributed by atoms with Gasteiger partial charge in [-0.15, -0.1) is 0 Å². The minimum absolute atomic E-state index is 0.114. The third kappa shape index (κ3) is 3.67. The topological polar surface area (TPSA) is 74.1 Å². The highest BCUT2D eigenvalue weighted by Gasteiger charge is 2.31. The van der Waals surface area contributed by atoms with E-state index >= 15 is 0 Å². The van der Waals surface area contributed by atoms with E-state index in [0.29, 0.717) is 23.1 Å². The van der Waals surface area contributed by atoms with Gasteiger partial charge >= 0.3 is 0 Å². The molecule has 0 N–H and O–H groups in total. The first-order valence-electron chi connectivity index (χ1n) is 7.35. The number of aryl methyl sites for hydroxylation is 2. The van der Waals surface area contributed by atoms with E-state index in [4.69, 9.17) is 16.3 Å². The molecule has 0 radical (unpaired) electrons. The molecule has 1 aromatic heterocycles. The Hall–Kier alpha value is -1.60. The SMILES string of the molecule is Cc1nc(COc2ccc(Cl)cc2C)n([C@@H]2CCS(=O)(=O)C2)n1. The van der Waals surface area contributed by atoms with E-state index < -0.39 is 9.84 Å². The predicted octanol–water partition coefficient (Wildman–Crippen LogP) is 2.49. The minimum Gasteiger partial charge on any atom is -0.485 e. The van der Waals surface area contributed by atoms with E-state index in [1.165, 1.54) is 0 Å². The van der Waals surface area contributed by atoms with Crippen LogP contribution < -0.4 is 4.74 Å². The highest BCUT2D eigenvalue weighted by atomic mass is 35.5. The van der Waals surface area contributed by atoms with Gasteiger partial charge in [0.05, 0.1) is 17.5 Å². The van der Waals surface area contributed by atoms with Gasteiger partial charge in [-0.2, -0.15) is 5.10 Å². The number of halogens is 1. The number of rotatable bonds is 4. The summed E-state index contributed by atoms with van der Waals surface area (Å²) >= 11 is 5.94. The Morgan fingerprint density at radius 3 is 2.83 bits per heavy atom. The average molecular weight is 356 g/mol. The number of benzene rings is 1. The Morgan fingerprint density at radius 1 is 1.39 bits per heavy atom. The number of ether oxygens (including phenoxy) is 1. The van der Waals surface area contributed by atoms with Crippen molar-refractivity contribution in [3.63, 3.8) is 0 Å². The highest BCUT2D eigenvalue weighted by molar-refractivity contribution is 7.91. The molecule has 2 heterocycles. The van der Waals surface area contributed by atoms with E-state index in [-0.39, 0.29) is 24.2 Å². The molecule has 0 amide bonds. The lowest BCUT2D eigenvalue weighted by atomic mass is 10.2. The van der Waals surface area contributed by atoms with Crippen molar-refractivity contribution in [2.45, 2.75) is 32.9 Å². The van der Waals surface area contributed by atoms with E-state index in [0.717, 1.165) is 11.3 Å². The van der Waals surface area contributed by atoms with Crippen molar-refractivity contribution in [2.75, 3.05) is 11.5 Å². The van der Waals surface area contributed by atoms with Gasteiger partial charge in [0, 0.05) is 5.02 Å². The van der Waals surface area contributed by atoms with Crippen LogP contribution in [0.4, 0.5) is 0 Å². The summed E-state index contributed by atoms with van der Waals surface area (Å²) in [6, 6.07) is 5.25. The maximum atomic E-state index is 11.7. The fourth-order valence-corrected chi connectivity index (χ4v) is 4.67. The van der Waals surface area contributed by atoms with Gasteiger partial charge in [-0.25, -0.2) is 18.1 Å². The van der Waals surface area contributed by atoms with Crippen LogP contribution in [-0.4, -0.2) is 34.7 Å². The second-order valence-electron chi connectivity index (χ2n) is 5.78. The molecule has 0 unspecified atom stereocenters. The Morgan fingerprint density at radius 2 is 2.17 bits per heavy atom. The van der Waals surface area contributed by atoms with Crippen molar-refractivity contribution in [2.24, 2.45) is 0 Å². The average Bonchev–Trinajstić information content (AvgIpc) is 3.00. The van der Waals surface area contributed by atoms with Crippen LogP contribution in [0.2, 0.25) is 5.02 Å². The van der Waals surface area contributed by atoms with Crippen molar-refractivity contribution in [3.8, 4) is 5.75 Å². The molecule has 6 nitrogen and oxygen atoms in total. The van der Waals surface area contributed by atoms with Gasteiger partial charge in [0.2, 0.25) is 0 Å². The maximum Gasteiger partial charge on any atom is 0.165 e. The monoisotopic (exact) mass is 355 g/mol. The third-order valence-corrected chi connectivity index (χ3v) is 5.84. The third-order valence-electron chi connectivity index (χ3n) is 3.86. The fourth-order valence-electron chi connectivity index (χ4n) is 2.75. The number of aromatic nitrogens is 3. The second kappa shape index (κ2) is 6.13. The lowest BCUT2D eigenvalue weighted by molar-refractivity contribution is 0.279. The maximum absolute atomic E-state index is 11.7. The van der Waals surface area contributed by atoms with E-state index in [1.54, 1.807) is 17.7 Å². The molecule has 3 rings (SSSR count). The van der Waals surface area contributed by atoms with Crippen molar-refractivity contribution >= 4 is 21.4 Å². The molecule has 124 valence electrons. The molecule has 23 heavy (non-hydrogen) atoms. The molecule has 0 saturated carbocycles. The summed E-state index contributed by atoms with van der Waals surface area (Å²) in [5.74, 6) is 2.29. The summed E-state index contributed by atoms with van der Waals surface area (Å²) in [7, 11) is -2.97. The molecular weight excluding hydrogens is 338 g/mol. The van der Waals surface area contributed by atoms with Crippen molar-refractivity contribution < 1.29 is 13.2 Å². The summed E-state index contributed by atoms with van der Waals surface area (Å²) in [5, 5.41) is 5.00. The Balaban J connectivity index is 1.78. The van der Waals surface area contributed by atoms with E-state index in [2.05, 4.69) is 10.1 Å². The molecule has 1 fully saturated rings. The smallest absolute Gasteiger partial charge is 0.165 e. The summed E-state index contributed by atoms with van der Waals surface area (Å²) in [6.45, 7) is 3.94. The minimum atomic E-state index is -2.97. The molecule has 0 bridgehead atoms. The zero-order valence-corrected chi connectivity index (χ0v) is 14.6. The fraction of sp³-hybridized carbons (Fsp3) is 0.467. The molecule has 1 saturated heterocycles. The number of sulfone groups is 1. The van der Waals surface area contributed by atoms with Gasteiger partial charge in [-0.1, -0.05) is 11.6 Å². The molecule has 2 aromatic rings. The van der Waals surface area contributed by atoms with Crippen LogP contribution in [0.25, 0.3) is 0 Å². The molecule has 1 aliphatic heterocycles. The van der Waals surface area contributed by atoms with Gasteiger partial charge < -0.3 is 4.74 Å². The first-order chi connectivity index (χ1) is 10.8. The zero-order valence-electron chi connectivity index (χ0n) is 13.0. The molecule has 8 heteroatoms. The Bertz CT molecular complexity index is 832. The van der Waals surface area contributed by atoms with Gasteiger partial charge in [0.15, 0.2) is 15.7 Å². The van der Waals surface area contributed by atoms with Gasteiger partial charge in [0.1, 0.15) is 18.2 Å². The number of hydrogen-bond acceptors (Lipinski definition) is 5. The van der Waals surface area contributed by atoms with Crippen molar-refractivity contribution in [1.82, 2.24) is 14.8 Å². The molecular formula is C15H18ClN3O3S. The van der Waals surface area contributed by atoms with Crippen LogP contribution in [0.1, 0.15) is 29.7 Å². The van der Waals surface area contributed by atoms with Crippen LogP contribution in [0.3, 0.4) is 0 Å². The summed E-state index contributed by atoms with van der Waals surface area (Å²) in [6.07, 6.45) is 0.568. The van der Waals surface area contributed by atoms with Crippen LogP contribution in [-0.2, 0) is 16.4 Å². The van der Waals surface area contributed by atoms with Crippen molar-refractivity contribution in [1.29, 1.82) is 0 Å². The zero-order chi connectivity index (χ0) is 16.6.